The molecule has 0 aromatic heterocycles. The maximum Gasteiger partial charge on any atom is 0.310 e. The second-order valence-corrected chi connectivity index (χ2v) is 4.83. The molecule has 2 aromatic rings. The minimum atomic E-state index is -0.282. The molecule has 0 atom stereocenters. The van der Waals surface area contributed by atoms with Gasteiger partial charge in [0.25, 0.3) is 0 Å². The number of ketones is 1. The first-order chi connectivity index (χ1) is 10.7. The number of rotatable bonds is 3. The van der Waals surface area contributed by atoms with E-state index in [1.54, 1.807) is 55.5 Å². The molecule has 4 nitrogen and oxygen atoms in total. The van der Waals surface area contributed by atoms with E-state index in [1.165, 1.54) is 0 Å². The van der Waals surface area contributed by atoms with E-state index in [1.807, 2.05) is 6.07 Å². The molecule has 0 saturated carbocycles. The fourth-order valence-corrected chi connectivity index (χ4v) is 2.12. The number of hydrogen-bond acceptors (Lipinski definition) is 4. The molecule has 1 aliphatic heterocycles. The quantitative estimate of drug-likeness (QED) is 0.493. The molecule has 0 N–H and O–H groups in total. The summed E-state index contributed by atoms with van der Waals surface area (Å²) in [7, 11) is 0. The second-order valence-electron chi connectivity index (χ2n) is 4.83. The molecular weight excluding hydrogens is 280 g/mol. The summed E-state index contributed by atoms with van der Waals surface area (Å²) in [5.41, 5.74) is 1.37. The monoisotopic (exact) mass is 294 g/mol. The Morgan fingerprint density at radius 3 is 2.55 bits per heavy atom. The van der Waals surface area contributed by atoms with E-state index in [4.69, 9.17) is 9.47 Å². The van der Waals surface area contributed by atoms with E-state index in [-0.39, 0.29) is 11.8 Å². The molecule has 0 fully saturated rings. The van der Waals surface area contributed by atoms with Crippen LogP contribution in [0.15, 0.2) is 54.3 Å². The summed E-state index contributed by atoms with van der Waals surface area (Å²) in [6.45, 7) is 1.74. The smallest absolute Gasteiger partial charge is 0.310 e. The molecule has 2 aromatic carbocycles. The van der Waals surface area contributed by atoms with Crippen LogP contribution in [0.3, 0.4) is 0 Å². The van der Waals surface area contributed by atoms with Crippen molar-refractivity contribution in [1.29, 1.82) is 0 Å². The van der Waals surface area contributed by atoms with Crippen LogP contribution >= 0.6 is 0 Å². The van der Waals surface area contributed by atoms with Gasteiger partial charge in [-0.2, -0.15) is 0 Å². The molecule has 110 valence electrons. The van der Waals surface area contributed by atoms with E-state index in [9.17, 15) is 9.59 Å². The van der Waals surface area contributed by atoms with E-state index in [0.717, 1.165) is 5.56 Å². The van der Waals surface area contributed by atoms with Crippen LogP contribution in [0, 0.1) is 0 Å². The molecule has 1 aliphatic rings. The molecule has 0 amide bonds. The summed E-state index contributed by atoms with van der Waals surface area (Å²) in [6.07, 6.45) is 2.00. The van der Waals surface area contributed by atoms with Crippen LogP contribution in [0.5, 0.6) is 11.5 Å². The first-order valence-electron chi connectivity index (χ1n) is 7.01. The summed E-state index contributed by atoms with van der Waals surface area (Å²) in [5, 5.41) is 0. The SMILES string of the molecule is CCC(=O)Oc1ccc(C=C2Oc3ccccc3C2=O)cc1. The Kier molecular flexibility index (Phi) is 3.74. The highest BCUT2D eigenvalue weighted by Crippen LogP contribution is 2.31. The molecule has 3 rings (SSSR count). The van der Waals surface area contributed by atoms with Crippen LogP contribution < -0.4 is 9.47 Å². The zero-order valence-electron chi connectivity index (χ0n) is 12.0. The summed E-state index contributed by atoms with van der Waals surface area (Å²) < 4.78 is 10.7. The van der Waals surface area contributed by atoms with Gasteiger partial charge in [-0.3, -0.25) is 9.59 Å². The lowest BCUT2D eigenvalue weighted by molar-refractivity contribution is -0.134. The van der Waals surface area contributed by atoms with Crippen LogP contribution in [0.1, 0.15) is 29.3 Å². The van der Waals surface area contributed by atoms with Gasteiger partial charge in [-0.05, 0) is 35.9 Å². The number of carbonyl (C=O) groups excluding carboxylic acids is 2. The first kappa shape index (κ1) is 14.1. The van der Waals surface area contributed by atoms with Crippen LogP contribution in [-0.2, 0) is 4.79 Å². The van der Waals surface area contributed by atoms with E-state index in [2.05, 4.69) is 0 Å². The largest absolute Gasteiger partial charge is 0.452 e. The number of fused-ring (bicyclic) bond motifs is 1. The zero-order valence-corrected chi connectivity index (χ0v) is 12.0. The Bertz CT molecular complexity index is 757. The molecule has 0 radical (unpaired) electrons. The van der Waals surface area contributed by atoms with Gasteiger partial charge in [0.1, 0.15) is 11.5 Å². The molecule has 0 bridgehead atoms. The van der Waals surface area contributed by atoms with E-state index in [0.29, 0.717) is 29.2 Å². The number of para-hydroxylation sites is 1. The molecule has 0 spiro atoms. The van der Waals surface area contributed by atoms with Gasteiger partial charge in [0.05, 0.1) is 5.56 Å². The van der Waals surface area contributed by atoms with Crippen molar-refractivity contribution in [1.82, 2.24) is 0 Å². The molecule has 4 heteroatoms. The predicted octanol–water partition coefficient (Wildman–Crippen LogP) is 3.62. The fourth-order valence-electron chi connectivity index (χ4n) is 2.12. The Hall–Kier alpha value is -2.88. The van der Waals surface area contributed by atoms with Crippen molar-refractivity contribution in [2.24, 2.45) is 0 Å². The predicted molar refractivity (Wildman–Crippen MR) is 81.7 cm³/mol. The highest BCUT2D eigenvalue weighted by Gasteiger charge is 2.26. The molecular formula is C18H14O4. The number of benzene rings is 2. The summed E-state index contributed by atoms with van der Waals surface area (Å²) in [4.78, 5) is 23.4. The maximum atomic E-state index is 12.2. The van der Waals surface area contributed by atoms with Crippen LogP contribution in [0.4, 0.5) is 0 Å². The number of hydrogen-bond donors (Lipinski definition) is 0. The molecule has 0 aliphatic carbocycles. The van der Waals surface area contributed by atoms with Gasteiger partial charge >= 0.3 is 5.97 Å². The van der Waals surface area contributed by atoms with Crippen molar-refractivity contribution in [2.45, 2.75) is 13.3 Å². The van der Waals surface area contributed by atoms with Gasteiger partial charge in [-0.1, -0.05) is 31.2 Å². The number of esters is 1. The van der Waals surface area contributed by atoms with Crippen LogP contribution in [0.25, 0.3) is 6.08 Å². The molecule has 0 saturated heterocycles. The standard InChI is InChI=1S/C18H14O4/c1-2-17(19)21-13-9-7-12(8-10-13)11-16-18(20)14-5-3-4-6-15(14)22-16/h3-11H,2H2,1H3. The van der Waals surface area contributed by atoms with Crippen molar-refractivity contribution in [3.8, 4) is 11.5 Å². The summed E-state index contributed by atoms with van der Waals surface area (Å²) in [6, 6.07) is 14.0. The number of allylic oxidation sites excluding steroid dienone is 1. The van der Waals surface area contributed by atoms with Gasteiger partial charge in [-0.15, -0.1) is 0 Å². The molecule has 22 heavy (non-hydrogen) atoms. The van der Waals surface area contributed by atoms with E-state index >= 15 is 0 Å². The Balaban J connectivity index is 1.79. The van der Waals surface area contributed by atoms with Crippen molar-refractivity contribution in [3.63, 3.8) is 0 Å². The lowest BCUT2D eigenvalue weighted by Gasteiger charge is -2.03. The average Bonchev–Trinajstić information content (AvgIpc) is 2.86. The van der Waals surface area contributed by atoms with Crippen molar-refractivity contribution in [2.75, 3.05) is 0 Å². The van der Waals surface area contributed by atoms with Gasteiger partial charge in [0.15, 0.2) is 5.76 Å². The van der Waals surface area contributed by atoms with Gasteiger partial charge in [0, 0.05) is 6.42 Å². The lowest BCUT2D eigenvalue weighted by Crippen LogP contribution is -2.05. The Labute approximate surface area is 128 Å². The van der Waals surface area contributed by atoms with Gasteiger partial charge in [0.2, 0.25) is 5.78 Å². The van der Waals surface area contributed by atoms with E-state index < -0.39 is 0 Å². The fraction of sp³-hybridized carbons (Fsp3) is 0.111. The molecule has 1 heterocycles. The van der Waals surface area contributed by atoms with Crippen LogP contribution in [-0.4, -0.2) is 11.8 Å². The second kappa shape index (κ2) is 5.85. The minimum Gasteiger partial charge on any atom is -0.452 e. The third-order valence-corrected chi connectivity index (χ3v) is 3.27. The highest BCUT2D eigenvalue weighted by molar-refractivity contribution is 6.14. The zero-order chi connectivity index (χ0) is 15.5. The Morgan fingerprint density at radius 2 is 1.86 bits per heavy atom. The highest BCUT2D eigenvalue weighted by atomic mass is 16.5. The normalized spacial score (nSPS) is 14.6. The number of carbonyl (C=O) groups is 2. The maximum absolute atomic E-state index is 12.2. The van der Waals surface area contributed by atoms with Gasteiger partial charge in [-0.25, -0.2) is 0 Å². The van der Waals surface area contributed by atoms with Crippen LogP contribution in [0.2, 0.25) is 0 Å². The van der Waals surface area contributed by atoms with Crippen molar-refractivity contribution in [3.05, 3.63) is 65.4 Å². The van der Waals surface area contributed by atoms with Crippen molar-refractivity contribution >= 4 is 17.8 Å². The Morgan fingerprint density at radius 1 is 1.14 bits per heavy atom. The lowest BCUT2D eigenvalue weighted by atomic mass is 10.1. The van der Waals surface area contributed by atoms with Crippen molar-refractivity contribution < 1.29 is 19.1 Å². The number of Topliss-reactive ketones (excluding diaryl/α,β-unsaturated/α-hetero) is 1. The minimum absolute atomic E-state index is 0.128. The topological polar surface area (TPSA) is 52.6 Å². The third kappa shape index (κ3) is 2.76. The number of ether oxygens (including phenoxy) is 2. The summed E-state index contributed by atoms with van der Waals surface area (Å²) in [5.74, 6) is 0.940. The first-order valence-corrected chi connectivity index (χ1v) is 7.01. The third-order valence-electron chi connectivity index (χ3n) is 3.27. The summed E-state index contributed by atoms with van der Waals surface area (Å²) >= 11 is 0. The average molecular weight is 294 g/mol. The molecule has 0 unspecified atom stereocenters. The van der Waals surface area contributed by atoms with Gasteiger partial charge < -0.3 is 9.47 Å².